The van der Waals surface area contributed by atoms with Crippen molar-refractivity contribution in [2.75, 3.05) is 0 Å². The molecular formula is C50H40F9N7S3. The van der Waals surface area contributed by atoms with Crippen LogP contribution in [0.15, 0.2) is 159 Å². The maximum atomic E-state index is 13.5. The molecule has 6 rings (SSSR count). The normalized spacial score (nSPS) is 13.3. The van der Waals surface area contributed by atoms with Crippen LogP contribution in [0.25, 0.3) is 38.0 Å². The molecule has 7 nitrogen and oxygen atoms in total. The zero-order valence-electron chi connectivity index (χ0n) is 35.9. The largest absolute Gasteiger partial charge is 0.416 e. The van der Waals surface area contributed by atoms with Gasteiger partial charge in [0.15, 0.2) is 0 Å². The first-order valence-electron chi connectivity index (χ1n) is 20.3. The van der Waals surface area contributed by atoms with Gasteiger partial charge in [-0.15, -0.1) is 0 Å². The first kappa shape index (κ1) is 52.0. The average Bonchev–Trinajstić information content (AvgIpc) is 3.32. The number of benzene rings is 4. The Morgan fingerprint density at radius 3 is 1.74 bits per heavy atom. The number of thioether (sulfide) groups is 3. The van der Waals surface area contributed by atoms with Crippen LogP contribution in [-0.4, -0.2) is 20.1 Å². The SMILES string of the molecule is C=C(SC(=C)c1cccc(-c2cccc(C(F)(F)F)c2)n1)c1cc(C(=N)SC(N)c2cccc(-c3cccc(C(F)(F)F)c3)n2)cc(C(N)SC(=N)C/C=C\C=C(/N)c2cccc(C(F)(F)F)c2)c1. The fourth-order valence-corrected chi connectivity index (χ4v) is 8.72. The van der Waals surface area contributed by atoms with Crippen molar-refractivity contribution in [2.45, 2.75) is 35.7 Å². The first-order valence-corrected chi connectivity index (χ1v) is 22.9. The predicted molar refractivity (Wildman–Crippen MR) is 262 cm³/mol. The van der Waals surface area contributed by atoms with E-state index < -0.39 is 46.0 Å². The molecule has 0 aliphatic rings. The van der Waals surface area contributed by atoms with Crippen molar-refractivity contribution in [2.24, 2.45) is 17.2 Å². The fraction of sp³-hybridized carbons (Fsp3) is 0.120. The number of hydrogen-bond donors (Lipinski definition) is 5. The van der Waals surface area contributed by atoms with Gasteiger partial charge in [0.1, 0.15) is 0 Å². The summed E-state index contributed by atoms with van der Waals surface area (Å²) < 4.78 is 121. The number of halogens is 9. The molecule has 69 heavy (non-hydrogen) atoms. The second kappa shape index (κ2) is 21.9. The zero-order valence-corrected chi connectivity index (χ0v) is 38.3. The number of aromatic nitrogens is 2. The minimum atomic E-state index is -4.57. The summed E-state index contributed by atoms with van der Waals surface area (Å²) in [6.45, 7) is 8.38. The van der Waals surface area contributed by atoms with Gasteiger partial charge in [-0.05, 0) is 102 Å². The quantitative estimate of drug-likeness (QED) is 0.0224. The van der Waals surface area contributed by atoms with E-state index >= 15 is 0 Å². The molecule has 8 N–H and O–H groups in total. The standard InChI is InChI=1S/C50H40F9N7S3/c1-28(67-29(2)40-17-8-18-41(65-40)31-11-6-14-37(26-31)49(54,55)56)33-22-34(45(62)68-44(61)21-4-3-16-39(60)30-10-5-13-36(25-30)48(51,52)53)24-35(23-33)46(63)69-47(64)43-20-9-19-42(66-43)32-12-7-15-38(27-32)50(57,58)59/h3-20,22-27,45,47,61,63H,1-2,21,60,62,64H2/b4-3-,39-16-,61-44?,63-46?. The Balaban J connectivity index is 1.23. The molecule has 2 aromatic heterocycles. The minimum absolute atomic E-state index is 0.0377. The van der Waals surface area contributed by atoms with E-state index in [1.165, 1.54) is 48.6 Å². The molecule has 2 atom stereocenters. The summed E-state index contributed by atoms with van der Waals surface area (Å²) in [5, 5.41) is 16.0. The number of rotatable bonds is 15. The Hall–Kier alpha value is -6.38. The smallest absolute Gasteiger partial charge is 0.398 e. The summed E-state index contributed by atoms with van der Waals surface area (Å²) in [6, 6.07) is 28.7. The van der Waals surface area contributed by atoms with Gasteiger partial charge in [-0.1, -0.05) is 109 Å². The molecule has 0 fully saturated rings. The van der Waals surface area contributed by atoms with Crippen molar-refractivity contribution >= 4 is 60.9 Å². The van der Waals surface area contributed by atoms with Crippen LogP contribution in [0.2, 0.25) is 0 Å². The zero-order chi connectivity index (χ0) is 50.3. The number of hydrogen-bond acceptors (Lipinski definition) is 10. The van der Waals surface area contributed by atoms with Gasteiger partial charge in [-0.2, -0.15) is 39.5 Å². The van der Waals surface area contributed by atoms with Gasteiger partial charge in [-0.25, -0.2) is 4.98 Å². The summed E-state index contributed by atoms with van der Waals surface area (Å²) in [6.07, 6.45) is -9.06. The molecule has 0 aliphatic heterocycles. The van der Waals surface area contributed by atoms with Crippen LogP contribution in [0.3, 0.4) is 0 Å². The van der Waals surface area contributed by atoms with Gasteiger partial charge in [0.25, 0.3) is 0 Å². The van der Waals surface area contributed by atoms with Gasteiger partial charge in [0.05, 0.1) is 60.3 Å². The number of nitrogens with two attached hydrogens (primary N) is 3. The second-order valence-electron chi connectivity index (χ2n) is 15.0. The highest BCUT2D eigenvalue weighted by atomic mass is 32.2. The topological polar surface area (TPSA) is 152 Å². The van der Waals surface area contributed by atoms with Crippen LogP contribution < -0.4 is 17.2 Å². The molecule has 6 aromatic rings. The number of allylic oxidation sites excluding steroid dienone is 3. The van der Waals surface area contributed by atoms with Gasteiger partial charge < -0.3 is 17.2 Å². The third-order valence-electron chi connectivity index (χ3n) is 9.94. The number of nitrogens with zero attached hydrogens (tertiary/aromatic N) is 2. The van der Waals surface area contributed by atoms with Crippen LogP contribution in [0.4, 0.5) is 39.5 Å². The van der Waals surface area contributed by atoms with Crippen molar-refractivity contribution in [1.82, 2.24) is 9.97 Å². The van der Waals surface area contributed by atoms with Gasteiger partial charge in [0.2, 0.25) is 0 Å². The van der Waals surface area contributed by atoms with Crippen LogP contribution in [0.1, 0.15) is 67.5 Å². The lowest BCUT2D eigenvalue weighted by molar-refractivity contribution is -0.138. The number of pyridine rings is 2. The lowest BCUT2D eigenvalue weighted by Gasteiger charge is -2.18. The maximum absolute atomic E-state index is 13.5. The molecular weight excluding hydrogens is 966 g/mol. The van der Waals surface area contributed by atoms with Crippen molar-refractivity contribution in [1.29, 1.82) is 10.8 Å². The van der Waals surface area contributed by atoms with E-state index in [1.807, 2.05) is 0 Å². The minimum Gasteiger partial charge on any atom is -0.398 e. The van der Waals surface area contributed by atoms with E-state index in [2.05, 4.69) is 23.1 Å². The van der Waals surface area contributed by atoms with E-state index in [-0.39, 0.29) is 56.0 Å². The Labute approximate surface area is 403 Å². The van der Waals surface area contributed by atoms with E-state index in [0.29, 0.717) is 32.2 Å². The molecule has 356 valence electrons. The Morgan fingerprint density at radius 1 is 0.594 bits per heavy atom. The van der Waals surface area contributed by atoms with Crippen molar-refractivity contribution < 1.29 is 39.5 Å². The van der Waals surface area contributed by atoms with Crippen molar-refractivity contribution in [3.63, 3.8) is 0 Å². The molecule has 0 bridgehead atoms. The summed E-state index contributed by atoms with van der Waals surface area (Å²) in [5.74, 6) is 0. The van der Waals surface area contributed by atoms with Crippen molar-refractivity contribution in [3.05, 3.63) is 209 Å². The summed E-state index contributed by atoms with van der Waals surface area (Å²) in [7, 11) is 0. The maximum Gasteiger partial charge on any atom is 0.416 e. The number of nitrogens with one attached hydrogen (secondary N) is 2. The molecule has 0 aliphatic carbocycles. The molecule has 0 saturated carbocycles. The lowest BCUT2D eigenvalue weighted by atomic mass is 10.1. The Morgan fingerprint density at radius 2 is 1.13 bits per heavy atom. The van der Waals surface area contributed by atoms with E-state index in [9.17, 15) is 39.5 Å². The molecule has 0 spiro atoms. The molecule has 2 heterocycles. The molecule has 19 heteroatoms. The van der Waals surface area contributed by atoms with Crippen molar-refractivity contribution in [3.8, 4) is 22.5 Å². The number of alkyl halides is 9. The Bertz CT molecular complexity index is 2960. The summed E-state index contributed by atoms with van der Waals surface area (Å²) in [5.41, 5.74) is 19.9. The third-order valence-corrected chi connectivity index (χ3v) is 12.8. The van der Waals surface area contributed by atoms with E-state index in [4.69, 9.17) is 28.0 Å². The molecule has 0 amide bonds. The second-order valence-corrected chi connectivity index (χ2v) is 18.5. The highest BCUT2D eigenvalue weighted by molar-refractivity contribution is 8.16. The molecule has 2 unspecified atom stereocenters. The van der Waals surface area contributed by atoms with Gasteiger partial charge in [-0.3, -0.25) is 15.8 Å². The Kier molecular flexibility index (Phi) is 16.5. The van der Waals surface area contributed by atoms with Gasteiger partial charge >= 0.3 is 18.5 Å². The van der Waals surface area contributed by atoms with Gasteiger partial charge in [0, 0.05) is 38.6 Å². The van der Waals surface area contributed by atoms with Crippen LogP contribution >= 0.6 is 35.3 Å². The average molecular weight is 1010 g/mol. The molecule has 0 radical (unpaired) electrons. The molecule has 0 saturated heterocycles. The fourth-order valence-electron chi connectivity index (χ4n) is 6.44. The third kappa shape index (κ3) is 14.1. The summed E-state index contributed by atoms with van der Waals surface area (Å²) in [4.78, 5) is 9.90. The lowest BCUT2D eigenvalue weighted by Crippen LogP contribution is -2.13. The predicted octanol–water partition coefficient (Wildman–Crippen LogP) is 14.6. The highest BCUT2D eigenvalue weighted by Gasteiger charge is 2.32. The highest BCUT2D eigenvalue weighted by Crippen LogP contribution is 2.41. The van der Waals surface area contributed by atoms with Crippen LogP contribution in [-0.2, 0) is 18.5 Å². The van der Waals surface area contributed by atoms with Crippen LogP contribution in [0.5, 0.6) is 0 Å². The van der Waals surface area contributed by atoms with E-state index in [1.54, 1.807) is 60.7 Å². The van der Waals surface area contributed by atoms with Crippen LogP contribution in [0, 0.1) is 10.8 Å². The molecule has 4 aromatic carbocycles. The summed E-state index contributed by atoms with van der Waals surface area (Å²) >= 11 is 3.03. The monoisotopic (exact) mass is 1010 g/mol. The first-order chi connectivity index (χ1) is 32.5. The van der Waals surface area contributed by atoms with E-state index in [0.717, 1.165) is 71.7 Å².